The molecule has 2 aromatic rings. The van der Waals surface area contributed by atoms with Crippen LogP contribution < -0.4 is 9.47 Å². The predicted molar refractivity (Wildman–Crippen MR) is 77.7 cm³/mol. The molecule has 0 saturated heterocycles. The number of para-hydroxylation sites is 1. The molecule has 0 aliphatic carbocycles. The van der Waals surface area contributed by atoms with Crippen LogP contribution in [0.3, 0.4) is 0 Å². The Balaban J connectivity index is 2.17. The van der Waals surface area contributed by atoms with Crippen LogP contribution in [0.4, 0.5) is 4.39 Å². The van der Waals surface area contributed by atoms with E-state index < -0.39 is 0 Å². The Morgan fingerprint density at radius 3 is 2.67 bits per heavy atom. The third-order valence-electron chi connectivity index (χ3n) is 3.07. The average Bonchev–Trinajstić information content (AvgIpc) is 2.53. The monoisotopic (exact) mass is 289 g/mol. The van der Waals surface area contributed by atoms with Crippen LogP contribution in [0.2, 0.25) is 0 Å². The van der Waals surface area contributed by atoms with E-state index in [1.54, 1.807) is 37.3 Å². The molecular weight excluding hydrogens is 273 g/mol. The van der Waals surface area contributed by atoms with Crippen molar-refractivity contribution in [1.29, 1.82) is 0 Å². The van der Waals surface area contributed by atoms with Gasteiger partial charge >= 0.3 is 0 Å². The molecule has 4 nitrogen and oxygen atoms in total. The number of methoxy groups -OCH3 is 1. The molecule has 0 radical (unpaired) electrons. The van der Waals surface area contributed by atoms with Gasteiger partial charge in [-0.2, -0.15) is 0 Å². The first-order valence-corrected chi connectivity index (χ1v) is 6.39. The van der Waals surface area contributed by atoms with Crippen molar-refractivity contribution >= 4 is 5.71 Å². The van der Waals surface area contributed by atoms with E-state index in [4.69, 9.17) is 14.7 Å². The number of ether oxygens (including phenoxy) is 2. The Bertz CT molecular complexity index is 656. The molecular formula is C16H16FNO3. The Morgan fingerprint density at radius 1 is 1.24 bits per heavy atom. The molecule has 0 saturated carbocycles. The van der Waals surface area contributed by atoms with Crippen LogP contribution in [0.5, 0.6) is 11.5 Å². The zero-order chi connectivity index (χ0) is 15.2. The van der Waals surface area contributed by atoms with E-state index in [2.05, 4.69) is 5.16 Å². The smallest absolute Gasteiger partial charge is 0.133 e. The molecule has 0 aliphatic heterocycles. The molecule has 0 aromatic heterocycles. The van der Waals surface area contributed by atoms with Gasteiger partial charge in [0.1, 0.15) is 23.9 Å². The highest BCUT2D eigenvalue weighted by molar-refractivity contribution is 6.00. The van der Waals surface area contributed by atoms with Crippen LogP contribution in [-0.2, 0) is 6.61 Å². The molecule has 5 heteroatoms. The first-order chi connectivity index (χ1) is 10.2. The zero-order valence-corrected chi connectivity index (χ0v) is 11.8. The van der Waals surface area contributed by atoms with Crippen LogP contribution in [0, 0.1) is 5.82 Å². The van der Waals surface area contributed by atoms with Crippen molar-refractivity contribution in [3.63, 3.8) is 0 Å². The number of hydrogen-bond donors (Lipinski definition) is 1. The summed E-state index contributed by atoms with van der Waals surface area (Å²) < 4.78 is 24.4. The average molecular weight is 289 g/mol. The lowest BCUT2D eigenvalue weighted by Crippen LogP contribution is -2.03. The van der Waals surface area contributed by atoms with E-state index >= 15 is 0 Å². The summed E-state index contributed by atoms with van der Waals surface area (Å²) in [5.74, 6) is 0.599. The molecule has 0 atom stereocenters. The Morgan fingerprint density at radius 2 is 2.00 bits per heavy atom. The van der Waals surface area contributed by atoms with Crippen LogP contribution in [0.15, 0.2) is 47.6 Å². The maximum atomic E-state index is 13.8. The highest BCUT2D eigenvalue weighted by Crippen LogP contribution is 2.22. The normalized spacial score (nSPS) is 11.3. The lowest BCUT2D eigenvalue weighted by Gasteiger charge is -2.11. The minimum absolute atomic E-state index is 0.0749. The van der Waals surface area contributed by atoms with Crippen molar-refractivity contribution < 1.29 is 19.1 Å². The maximum absolute atomic E-state index is 13.8. The van der Waals surface area contributed by atoms with Gasteiger partial charge in [0, 0.05) is 17.2 Å². The molecule has 0 aliphatic rings. The summed E-state index contributed by atoms with van der Waals surface area (Å²) in [6.45, 7) is 1.74. The molecule has 0 unspecified atom stereocenters. The molecule has 2 aromatic carbocycles. The third kappa shape index (κ3) is 3.51. The van der Waals surface area contributed by atoms with Gasteiger partial charge in [-0.25, -0.2) is 4.39 Å². The van der Waals surface area contributed by atoms with E-state index in [0.29, 0.717) is 28.3 Å². The highest BCUT2D eigenvalue weighted by atomic mass is 19.1. The first kappa shape index (κ1) is 14.8. The maximum Gasteiger partial charge on any atom is 0.133 e. The van der Waals surface area contributed by atoms with Gasteiger partial charge in [-0.3, -0.25) is 0 Å². The predicted octanol–water partition coefficient (Wildman–Crippen LogP) is 3.61. The third-order valence-corrected chi connectivity index (χ3v) is 3.07. The van der Waals surface area contributed by atoms with Gasteiger partial charge in [0.15, 0.2) is 0 Å². The molecule has 0 fully saturated rings. The summed E-state index contributed by atoms with van der Waals surface area (Å²) in [5.41, 5.74) is 1.51. The van der Waals surface area contributed by atoms with Crippen LogP contribution in [0.1, 0.15) is 18.1 Å². The van der Waals surface area contributed by atoms with Gasteiger partial charge < -0.3 is 14.7 Å². The number of hydrogen-bond acceptors (Lipinski definition) is 4. The fraction of sp³-hybridized carbons (Fsp3) is 0.188. The molecule has 0 amide bonds. The summed E-state index contributed by atoms with van der Waals surface area (Å²) in [7, 11) is 1.48. The summed E-state index contributed by atoms with van der Waals surface area (Å²) in [6.07, 6.45) is 0. The van der Waals surface area contributed by atoms with E-state index in [1.165, 1.54) is 13.2 Å². The number of nitrogens with zero attached hydrogens (tertiary/aromatic N) is 1. The van der Waals surface area contributed by atoms with E-state index in [1.807, 2.05) is 6.07 Å². The second kappa shape index (κ2) is 6.74. The van der Waals surface area contributed by atoms with Gasteiger partial charge in [0.2, 0.25) is 0 Å². The molecule has 2 rings (SSSR count). The van der Waals surface area contributed by atoms with Gasteiger partial charge in [-0.15, -0.1) is 0 Å². The van der Waals surface area contributed by atoms with Gasteiger partial charge in [0.05, 0.1) is 12.8 Å². The number of benzene rings is 2. The van der Waals surface area contributed by atoms with Crippen LogP contribution in [-0.4, -0.2) is 18.0 Å². The standard InChI is InChI=1S/C16H16FNO3/c1-11(18-19)14-5-3-4-6-16(14)21-10-12-7-8-13(20-2)9-15(12)17/h3-9,19H,10H2,1-2H3/b18-11+. The zero-order valence-electron chi connectivity index (χ0n) is 11.8. The summed E-state index contributed by atoms with van der Waals surface area (Å²) in [5, 5.41) is 12.0. The Kier molecular flexibility index (Phi) is 4.77. The second-order valence-electron chi connectivity index (χ2n) is 4.43. The summed E-state index contributed by atoms with van der Waals surface area (Å²) in [4.78, 5) is 0. The molecule has 110 valence electrons. The molecule has 0 bridgehead atoms. The lowest BCUT2D eigenvalue weighted by molar-refractivity contribution is 0.297. The summed E-state index contributed by atoms with van der Waals surface area (Å²) in [6, 6.07) is 11.7. The van der Waals surface area contributed by atoms with Gasteiger partial charge in [-0.05, 0) is 31.2 Å². The van der Waals surface area contributed by atoms with Crippen LogP contribution >= 0.6 is 0 Å². The SMILES string of the molecule is COc1ccc(COc2ccccc2/C(C)=N/O)c(F)c1. The second-order valence-corrected chi connectivity index (χ2v) is 4.43. The van der Waals surface area contributed by atoms with E-state index in [0.717, 1.165) is 0 Å². The summed E-state index contributed by atoms with van der Waals surface area (Å²) >= 11 is 0. The van der Waals surface area contributed by atoms with Crippen molar-refractivity contribution in [3.05, 3.63) is 59.4 Å². The minimum Gasteiger partial charge on any atom is -0.497 e. The topological polar surface area (TPSA) is 51.0 Å². The van der Waals surface area contributed by atoms with Crippen molar-refractivity contribution in [2.75, 3.05) is 7.11 Å². The molecule has 1 N–H and O–H groups in total. The lowest BCUT2D eigenvalue weighted by atomic mass is 10.1. The van der Waals surface area contributed by atoms with E-state index in [9.17, 15) is 4.39 Å². The number of halogens is 1. The minimum atomic E-state index is -0.389. The molecule has 0 spiro atoms. The highest BCUT2D eigenvalue weighted by Gasteiger charge is 2.09. The van der Waals surface area contributed by atoms with E-state index in [-0.39, 0.29) is 12.4 Å². The van der Waals surface area contributed by atoms with Gasteiger partial charge in [-0.1, -0.05) is 17.3 Å². The number of rotatable bonds is 5. The van der Waals surface area contributed by atoms with Gasteiger partial charge in [0.25, 0.3) is 0 Å². The largest absolute Gasteiger partial charge is 0.497 e. The molecule has 21 heavy (non-hydrogen) atoms. The fourth-order valence-corrected chi connectivity index (χ4v) is 1.87. The number of oxime groups is 1. The van der Waals surface area contributed by atoms with Crippen molar-refractivity contribution in [1.82, 2.24) is 0 Å². The van der Waals surface area contributed by atoms with Crippen molar-refractivity contribution in [3.8, 4) is 11.5 Å². The quantitative estimate of drug-likeness (QED) is 0.519. The van der Waals surface area contributed by atoms with Crippen molar-refractivity contribution in [2.45, 2.75) is 13.5 Å². The molecule has 0 heterocycles. The Labute approximate surface area is 122 Å². The fourth-order valence-electron chi connectivity index (χ4n) is 1.87. The first-order valence-electron chi connectivity index (χ1n) is 6.39. The van der Waals surface area contributed by atoms with Crippen molar-refractivity contribution in [2.24, 2.45) is 5.16 Å². The van der Waals surface area contributed by atoms with Crippen LogP contribution in [0.25, 0.3) is 0 Å². The Hall–Kier alpha value is -2.56.